The van der Waals surface area contributed by atoms with E-state index >= 15 is 0 Å². The molecule has 1 aromatic carbocycles. The average molecular weight is 445 g/mol. The van der Waals surface area contributed by atoms with Crippen LogP contribution in [0.3, 0.4) is 0 Å². The molecule has 0 saturated heterocycles. The molecule has 0 aliphatic carbocycles. The van der Waals surface area contributed by atoms with Crippen LogP contribution in [0.1, 0.15) is 34.6 Å². The first-order valence-electron chi connectivity index (χ1n) is 9.64. The van der Waals surface area contributed by atoms with E-state index in [1.807, 2.05) is 13.0 Å². The third kappa shape index (κ3) is 4.41. The smallest absolute Gasteiger partial charge is 0.280 e. The van der Waals surface area contributed by atoms with Crippen molar-refractivity contribution in [1.29, 1.82) is 0 Å². The first-order valence-corrected chi connectivity index (χ1v) is 10.0. The summed E-state index contributed by atoms with van der Waals surface area (Å²) in [5.41, 5.74) is 1.67. The van der Waals surface area contributed by atoms with Crippen molar-refractivity contribution in [3.63, 3.8) is 0 Å². The zero-order chi connectivity index (χ0) is 22.0. The molecule has 0 spiro atoms. The van der Waals surface area contributed by atoms with E-state index in [1.54, 1.807) is 35.1 Å². The number of benzene rings is 1. The molecular formula is C21H19ClF2N6O. The Morgan fingerprint density at radius 2 is 2.03 bits per heavy atom. The molecule has 3 heterocycles. The van der Waals surface area contributed by atoms with Crippen molar-refractivity contribution in [3.05, 3.63) is 70.8 Å². The quantitative estimate of drug-likeness (QED) is 0.431. The lowest BCUT2D eigenvalue weighted by Crippen LogP contribution is -2.25. The molecule has 4 aromatic rings. The highest BCUT2D eigenvalue weighted by Gasteiger charge is 2.21. The number of fused-ring (bicyclic) bond motifs is 1. The Labute approximate surface area is 181 Å². The molecule has 0 atom stereocenters. The Hall–Kier alpha value is -3.33. The number of halogens is 3. The Balaban J connectivity index is 1.54. The summed E-state index contributed by atoms with van der Waals surface area (Å²) >= 11 is 5.98. The van der Waals surface area contributed by atoms with Crippen LogP contribution in [0, 0.1) is 6.92 Å². The minimum atomic E-state index is -2.77. The second kappa shape index (κ2) is 8.81. The Kier molecular flexibility index (Phi) is 5.94. The molecular weight excluding hydrogens is 426 g/mol. The number of rotatable bonds is 7. The summed E-state index contributed by atoms with van der Waals surface area (Å²) in [5, 5.41) is 11.6. The second-order valence-electron chi connectivity index (χ2n) is 6.96. The molecule has 31 heavy (non-hydrogen) atoms. The summed E-state index contributed by atoms with van der Waals surface area (Å²) in [6.45, 7) is 2.76. The van der Waals surface area contributed by atoms with Gasteiger partial charge in [-0.05, 0) is 19.4 Å². The normalized spacial score (nSPS) is 11.4. The molecule has 0 radical (unpaired) electrons. The Bertz CT molecular complexity index is 1200. The van der Waals surface area contributed by atoms with Gasteiger partial charge in [-0.2, -0.15) is 10.2 Å². The highest BCUT2D eigenvalue weighted by molar-refractivity contribution is 6.31. The van der Waals surface area contributed by atoms with Gasteiger partial charge in [0.25, 0.3) is 12.3 Å². The maximum absolute atomic E-state index is 13.6. The summed E-state index contributed by atoms with van der Waals surface area (Å²) in [6.07, 6.45) is 0.834. The molecule has 0 aliphatic rings. The van der Waals surface area contributed by atoms with Gasteiger partial charge in [0, 0.05) is 24.8 Å². The molecule has 0 unspecified atom stereocenters. The molecule has 0 bridgehead atoms. The number of hydrogen-bond donors (Lipinski definition) is 1. The van der Waals surface area contributed by atoms with E-state index in [-0.39, 0.29) is 16.9 Å². The van der Waals surface area contributed by atoms with Crippen molar-refractivity contribution < 1.29 is 13.6 Å². The van der Waals surface area contributed by atoms with Crippen LogP contribution in [0.15, 0.2) is 48.8 Å². The van der Waals surface area contributed by atoms with E-state index in [4.69, 9.17) is 11.6 Å². The second-order valence-corrected chi connectivity index (χ2v) is 7.37. The Morgan fingerprint density at radius 1 is 1.26 bits per heavy atom. The third-order valence-corrected chi connectivity index (χ3v) is 5.14. The van der Waals surface area contributed by atoms with Crippen molar-refractivity contribution >= 4 is 23.2 Å². The number of nitrogens with one attached hydrogen (secondary N) is 1. The summed E-state index contributed by atoms with van der Waals surface area (Å²) in [5.74, 6) is -0.428. The number of carbonyl (C=O) groups excluding carboxylic acids is 1. The standard InChI is InChI=1S/C21H19ClF2N6O/c1-13-16(22)12-29(28-13)9-5-8-25-21(31)15-11-26-30-18(19(23)24)10-17(27-20(15)30)14-6-3-2-4-7-14/h2-4,6-7,10-12,19H,5,8-9H2,1H3,(H,25,31). The highest BCUT2D eigenvalue weighted by atomic mass is 35.5. The van der Waals surface area contributed by atoms with Crippen LogP contribution in [-0.2, 0) is 6.54 Å². The number of nitrogens with zero attached hydrogens (tertiary/aromatic N) is 5. The van der Waals surface area contributed by atoms with Gasteiger partial charge >= 0.3 is 0 Å². The summed E-state index contributed by atoms with van der Waals surface area (Å²) in [7, 11) is 0. The van der Waals surface area contributed by atoms with Crippen LogP contribution in [0.2, 0.25) is 5.02 Å². The molecule has 0 aliphatic heterocycles. The van der Waals surface area contributed by atoms with Crippen molar-refractivity contribution in [1.82, 2.24) is 29.7 Å². The molecule has 4 rings (SSSR count). The first kappa shape index (κ1) is 20.9. The fourth-order valence-corrected chi connectivity index (χ4v) is 3.36. The van der Waals surface area contributed by atoms with Gasteiger partial charge in [-0.25, -0.2) is 18.3 Å². The predicted octanol–water partition coefficient (Wildman–Crippen LogP) is 4.31. The molecule has 1 amide bonds. The minimum Gasteiger partial charge on any atom is -0.352 e. The fourth-order valence-electron chi connectivity index (χ4n) is 3.20. The van der Waals surface area contributed by atoms with Crippen LogP contribution in [0.4, 0.5) is 8.78 Å². The van der Waals surface area contributed by atoms with Gasteiger partial charge in [0.15, 0.2) is 5.65 Å². The van der Waals surface area contributed by atoms with Gasteiger partial charge < -0.3 is 5.32 Å². The SMILES string of the molecule is Cc1nn(CCCNC(=O)c2cnn3c(C(F)F)cc(-c4ccccc4)nc23)cc1Cl. The summed E-state index contributed by atoms with van der Waals surface area (Å²) < 4.78 is 30.0. The zero-order valence-electron chi connectivity index (χ0n) is 16.6. The largest absolute Gasteiger partial charge is 0.352 e. The van der Waals surface area contributed by atoms with E-state index in [0.717, 1.165) is 10.2 Å². The maximum Gasteiger partial charge on any atom is 0.280 e. The van der Waals surface area contributed by atoms with E-state index in [0.29, 0.717) is 35.8 Å². The van der Waals surface area contributed by atoms with Crippen molar-refractivity contribution in [3.8, 4) is 11.3 Å². The lowest BCUT2D eigenvalue weighted by atomic mass is 10.1. The van der Waals surface area contributed by atoms with Crippen LogP contribution in [0.25, 0.3) is 16.9 Å². The Morgan fingerprint density at radius 3 is 2.71 bits per heavy atom. The van der Waals surface area contributed by atoms with Gasteiger partial charge in [0.2, 0.25) is 0 Å². The summed E-state index contributed by atoms with van der Waals surface area (Å²) in [4.78, 5) is 17.1. The number of carbonyl (C=O) groups is 1. The van der Waals surface area contributed by atoms with Gasteiger partial charge in [-0.3, -0.25) is 9.48 Å². The number of amides is 1. The topological polar surface area (TPSA) is 77.1 Å². The van der Waals surface area contributed by atoms with Crippen LogP contribution in [-0.4, -0.2) is 36.8 Å². The van der Waals surface area contributed by atoms with Gasteiger partial charge in [-0.1, -0.05) is 41.9 Å². The summed E-state index contributed by atoms with van der Waals surface area (Å²) in [6, 6.07) is 10.2. The molecule has 160 valence electrons. The van der Waals surface area contributed by atoms with Crippen molar-refractivity contribution in [2.45, 2.75) is 26.3 Å². The predicted molar refractivity (Wildman–Crippen MR) is 112 cm³/mol. The third-order valence-electron chi connectivity index (χ3n) is 4.77. The van der Waals surface area contributed by atoms with Gasteiger partial charge in [0.1, 0.15) is 11.3 Å². The molecule has 0 saturated carbocycles. The highest BCUT2D eigenvalue weighted by Crippen LogP contribution is 2.26. The van der Waals surface area contributed by atoms with Gasteiger partial charge in [0.05, 0.1) is 22.6 Å². The molecule has 0 fully saturated rings. The molecule has 1 N–H and O–H groups in total. The van der Waals surface area contributed by atoms with Crippen LogP contribution < -0.4 is 5.32 Å². The zero-order valence-corrected chi connectivity index (χ0v) is 17.4. The number of hydrogen-bond acceptors (Lipinski definition) is 4. The van der Waals surface area contributed by atoms with Crippen molar-refractivity contribution in [2.24, 2.45) is 0 Å². The van der Waals surface area contributed by atoms with E-state index < -0.39 is 12.3 Å². The maximum atomic E-state index is 13.6. The monoisotopic (exact) mass is 444 g/mol. The average Bonchev–Trinajstić information content (AvgIpc) is 3.33. The van der Waals surface area contributed by atoms with Crippen LogP contribution >= 0.6 is 11.6 Å². The minimum absolute atomic E-state index is 0.0867. The van der Waals surface area contributed by atoms with E-state index in [9.17, 15) is 13.6 Å². The number of aromatic nitrogens is 5. The van der Waals surface area contributed by atoms with Crippen LogP contribution in [0.5, 0.6) is 0 Å². The lowest BCUT2D eigenvalue weighted by Gasteiger charge is -2.09. The fraction of sp³-hybridized carbons (Fsp3) is 0.238. The molecule has 10 heteroatoms. The van der Waals surface area contributed by atoms with Gasteiger partial charge in [-0.15, -0.1) is 0 Å². The van der Waals surface area contributed by atoms with Crippen molar-refractivity contribution in [2.75, 3.05) is 6.54 Å². The lowest BCUT2D eigenvalue weighted by molar-refractivity contribution is 0.0953. The van der Waals surface area contributed by atoms with E-state index in [1.165, 1.54) is 12.3 Å². The molecule has 7 nitrogen and oxygen atoms in total. The number of alkyl halides is 2. The number of aryl methyl sites for hydroxylation is 2. The first-order chi connectivity index (χ1) is 14.9. The molecule has 3 aromatic heterocycles. The van der Waals surface area contributed by atoms with E-state index in [2.05, 4.69) is 20.5 Å².